The number of nitrogens with two attached hydrogens (primary N) is 1. The molecule has 0 bridgehead atoms. The molecule has 1 amide bonds. The number of amides is 1. The van der Waals surface area contributed by atoms with Crippen LogP contribution in [0.4, 0.5) is 5.69 Å². The van der Waals surface area contributed by atoms with Crippen molar-refractivity contribution in [2.45, 2.75) is 6.54 Å². The van der Waals surface area contributed by atoms with Gasteiger partial charge in [-0.2, -0.15) is 0 Å². The van der Waals surface area contributed by atoms with Crippen LogP contribution in [-0.2, 0) is 6.54 Å². The fourth-order valence-electron chi connectivity index (χ4n) is 1.52. The van der Waals surface area contributed by atoms with Gasteiger partial charge in [0, 0.05) is 27.3 Å². The molecule has 19 heavy (non-hydrogen) atoms. The monoisotopic (exact) mass is 383 g/mol. The van der Waals surface area contributed by atoms with Crippen LogP contribution in [0, 0.1) is 0 Å². The molecule has 0 unspecified atom stereocenters. The predicted molar refractivity (Wildman–Crippen MR) is 81.9 cm³/mol. The summed E-state index contributed by atoms with van der Waals surface area (Å²) >= 11 is 6.76. The number of carbonyl (C=O) groups is 1. The molecule has 1 aromatic carbocycles. The molecule has 98 valence electrons. The van der Waals surface area contributed by atoms with Crippen LogP contribution < -0.4 is 11.1 Å². The normalized spacial score (nSPS) is 10.3. The molecular weight excluding hydrogens is 374 g/mol. The summed E-state index contributed by atoms with van der Waals surface area (Å²) in [7, 11) is 0. The van der Waals surface area contributed by atoms with Gasteiger partial charge in [-0.15, -0.1) is 0 Å². The van der Waals surface area contributed by atoms with Gasteiger partial charge in [-0.25, -0.2) is 0 Å². The largest absolute Gasteiger partial charge is 0.325 e. The number of rotatable bonds is 3. The summed E-state index contributed by atoms with van der Waals surface area (Å²) in [6, 6.07) is 8.88. The van der Waals surface area contributed by atoms with Crippen molar-refractivity contribution in [3.63, 3.8) is 0 Å². The van der Waals surface area contributed by atoms with Crippen molar-refractivity contribution in [3.8, 4) is 0 Å². The van der Waals surface area contributed by atoms with Gasteiger partial charge in [0.15, 0.2) is 0 Å². The van der Waals surface area contributed by atoms with Crippen LogP contribution in [0.5, 0.6) is 0 Å². The topological polar surface area (TPSA) is 68.0 Å². The summed E-state index contributed by atoms with van der Waals surface area (Å²) in [4.78, 5) is 16.2. The van der Waals surface area contributed by atoms with Gasteiger partial charge in [-0.3, -0.25) is 9.78 Å². The average molecular weight is 385 g/mol. The minimum atomic E-state index is -0.194. The molecule has 3 N–H and O–H groups in total. The maximum absolute atomic E-state index is 12.1. The zero-order valence-corrected chi connectivity index (χ0v) is 13.0. The van der Waals surface area contributed by atoms with E-state index < -0.39 is 0 Å². The number of aromatic nitrogens is 1. The van der Waals surface area contributed by atoms with E-state index in [1.165, 1.54) is 0 Å². The summed E-state index contributed by atoms with van der Waals surface area (Å²) in [5, 5.41) is 2.83. The van der Waals surface area contributed by atoms with E-state index in [1.54, 1.807) is 18.3 Å². The minimum Gasteiger partial charge on any atom is -0.325 e. The highest BCUT2D eigenvalue weighted by atomic mass is 79.9. The van der Waals surface area contributed by atoms with Gasteiger partial charge in [0.1, 0.15) is 0 Å². The first-order valence-electron chi connectivity index (χ1n) is 5.51. The van der Waals surface area contributed by atoms with E-state index in [2.05, 4.69) is 42.2 Å². The van der Waals surface area contributed by atoms with E-state index in [9.17, 15) is 4.79 Å². The quantitative estimate of drug-likeness (QED) is 0.852. The Morgan fingerprint density at radius 2 is 2.05 bits per heavy atom. The highest BCUT2D eigenvalue weighted by molar-refractivity contribution is 9.11. The third-order valence-corrected chi connectivity index (χ3v) is 3.62. The molecule has 1 aromatic heterocycles. The van der Waals surface area contributed by atoms with E-state index in [-0.39, 0.29) is 5.91 Å². The number of anilines is 1. The van der Waals surface area contributed by atoms with Gasteiger partial charge in [-0.05, 0) is 46.3 Å². The van der Waals surface area contributed by atoms with Crippen molar-refractivity contribution in [1.82, 2.24) is 4.98 Å². The van der Waals surface area contributed by atoms with Crippen molar-refractivity contribution in [2.24, 2.45) is 5.73 Å². The Bertz CT molecular complexity index is 617. The summed E-state index contributed by atoms with van der Waals surface area (Å²) in [5.74, 6) is -0.194. The minimum absolute atomic E-state index is 0.194. The number of nitrogens with zero attached hydrogens (tertiary/aromatic N) is 1. The van der Waals surface area contributed by atoms with Crippen molar-refractivity contribution < 1.29 is 4.79 Å². The van der Waals surface area contributed by atoms with Crippen molar-refractivity contribution in [2.75, 3.05) is 5.32 Å². The van der Waals surface area contributed by atoms with E-state index in [1.807, 2.05) is 18.2 Å². The molecule has 0 spiro atoms. The van der Waals surface area contributed by atoms with E-state index >= 15 is 0 Å². The van der Waals surface area contributed by atoms with Crippen molar-refractivity contribution in [1.29, 1.82) is 0 Å². The van der Waals surface area contributed by atoms with Crippen LogP contribution in [0.1, 0.15) is 16.1 Å². The Hall–Kier alpha value is -1.24. The highest BCUT2D eigenvalue weighted by Gasteiger charge is 2.09. The first-order chi connectivity index (χ1) is 9.10. The zero-order chi connectivity index (χ0) is 13.8. The Balaban J connectivity index is 2.20. The smallest absolute Gasteiger partial charge is 0.255 e. The molecule has 0 aliphatic carbocycles. The fraction of sp³-hybridized carbons (Fsp3) is 0.0769. The summed E-state index contributed by atoms with van der Waals surface area (Å²) < 4.78 is 1.75. The lowest BCUT2D eigenvalue weighted by Gasteiger charge is -2.08. The number of hydrogen-bond acceptors (Lipinski definition) is 3. The Morgan fingerprint density at radius 3 is 2.74 bits per heavy atom. The van der Waals surface area contributed by atoms with Crippen LogP contribution in [0.15, 0.2) is 45.5 Å². The second kappa shape index (κ2) is 6.27. The number of pyridine rings is 1. The van der Waals surface area contributed by atoms with E-state index in [0.717, 1.165) is 8.95 Å². The lowest BCUT2D eigenvalue weighted by molar-refractivity contribution is 0.102. The average Bonchev–Trinajstić information content (AvgIpc) is 2.42. The predicted octanol–water partition coefficient (Wildman–Crippen LogP) is 3.32. The van der Waals surface area contributed by atoms with E-state index in [4.69, 9.17) is 5.73 Å². The molecule has 2 rings (SSSR count). The van der Waals surface area contributed by atoms with Gasteiger partial charge in [0.25, 0.3) is 5.91 Å². The summed E-state index contributed by atoms with van der Waals surface area (Å²) in [5.41, 5.74) is 7.43. The van der Waals surface area contributed by atoms with Crippen LogP contribution in [0.3, 0.4) is 0 Å². The van der Waals surface area contributed by atoms with Crippen LogP contribution in [-0.4, -0.2) is 10.9 Å². The lowest BCUT2D eigenvalue weighted by Crippen LogP contribution is -2.13. The molecule has 4 nitrogen and oxygen atoms in total. The number of benzene rings is 1. The fourth-order valence-corrected chi connectivity index (χ4v) is 2.66. The van der Waals surface area contributed by atoms with Crippen LogP contribution in [0.25, 0.3) is 0 Å². The Kier molecular flexibility index (Phi) is 4.68. The second-order valence-electron chi connectivity index (χ2n) is 3.82. The number of halogens is 2. The molecule has 0 aliphatic heterocycles. The zero-order valence-electron chi connectivity index (χ0n) is 9.86. The van der Waals surface area contributed by atoms with Crippen molar-refractivity contribution in [3.05, 3.63) is 56.7 Å². The van der Waals surface area contributed by atoms with Crippen LogP contribution >= 0.6 is 31.9 Å². The SMILES string of the molecule is NCc1cc(C(=O)Nc2ccc(Br)cc2Br)ccn1. The van der Waals surface area contributed by atoms with Gasteiger partial charge >= 0.3 is 0 Å². The second-order valence-corrected chi connectivity index (χ2v) is 5.59. The molecule has 0 saturated heterocycles. The molecule has 0 atom stereocenters. The molecular formula is C13H11Br2N3O. The summed E-state index contributed by atoms with van der Waals surface area (Å²) in [6.07, 6.45) is 1.58. The number of carbonyl (C=O) groups excluding carboxylic acids is 1. The molecule has 0 radical (unpaired) electrons. The molecule has 0 fully saturated rings. The Labute approximate surface area is 127 Å². The number of hydrogen-bond donors (Lipinski definition) is 2. The Morgan fingerprint density at radius 1 is 1.26 bits per heavy atom. The molecule has 0 aliphatic rings. The van der Waals surface area contributed by atoms with Gasteiger partial charge in [-0.1, -0.05) is 15.9 Å². The first kappa shape index (κ1) is 14.2. The lowest BCUT2D eigenvalue weighted by atomic mass is 10.2. The van der Waals surface area contributed by atoms with Crippen LogP contribution in [0.2, 0.25) is 0 Å². The standard InChI is InChI=1S/C13H11Br2N3O/c14-9-1-2-12(11(15)6-9)18-13(19)8-3-4-17-10(5-8)7-16/h1-6H,7,16H2,(H,18,19). The maximum atomic E-state index is 12.1. The third kappa shape index (κ3) is 3.62. The molecule has 2 aromatic rings. The maximum Gasteiger partial charge on any atom is 0.255 e. The van der Waals surface area contributed by atoms with E-state index in [0.29, 0.717) is 23.5 Å². The third-order valence-electron chi connectivity index (χ3n) is 2.47. The van der Waals surface area contributed by atoms with Gasteiger partial charge in [0.05, 0.1) is 11.4 Å². The van der Waals surface area contributed by atoms with Gasteiger partial charge in [0.2, 0.25) is 0 Å². The highest BCUT2D eigenvalue weighted by Crippen LogP contribution is 2.26. The van der Waals surface area contributed by atoms with Gasteiger partial charge < -0.3 is 11.1 Å². The number of nitrogens with one attached hydrogen (secondary N) is 1. The first-order valence-corrected chi connectivity index (χ1v) is 7.10. The summed E-state index contributed by atoms with van der Waals surface area (Å²) in [6.45, 7) is 0.309. The molecule has 6 heteroatoms. The molecule has 0 saturated carbocycles. The van der Waals surface area contributed by atoms with Crippen molar-refractivity contribution >= 4 is 43.5 Å². The molecule has 1 heterocycles.